The summed E-state index contributed by atoms with van der Waals surface area (Å²) in [5.41, 5.74) is 0. The molecule has 0 aromatic rings. The van der Waals surface area contributed by atoms with Gasteiger partial charge in [-0.15, -0.1) is 0 Å². The van der Waals surface area contributed by atoms with Crippen LogP contribution in [-0.2, 0) is 0 Å². The van der Waals surface area contributed by atoms with Gasteiger partial charge in [0.2, 0.25) is 0 Å². The van der Waals surface area contributed by atoms with Gasteiger partial charge in [-0.2, -0.15) is 0 Å². The van der Waals surface area contributed by atoms with E-state index in [-0.39, 0.29) is 0 Å². The zero-order valence-corrected chi connectivity index (χ0v) is 12.1. The molecule has 1 saturated heterocycles. The van der Waals surface area contributed by atoms with Crippen molar-refractivity contribution in [3.05, 3.63) is 0 Å². The third kappa shape index (κ3) is 6.39. The fraction of sp³-hybridized carbons (Fsp3) is 1.00. The summed E-state index contributed by atoms with van der Waals surface area (Å²) in [4.78, 5) is 2.59. The van der Waals surface area contributed by atoms with E-state index in [9.17, 15) is 0 Å². The molecule has 17 heavy (non-hydrogen) atoms. The van der Waals surface area contributed by atoms with Crippen LogP contribution in [0.3, 0.4) is 0 Å². The van der Waals surface area contributed by atoms with Gasteiger partial charge in [-0.1, -0.05) is 13.8 Å². The maximum absolute atomic E-state index is 3.57. The van der Waals surface area contributed by atoms with Crippen LogP contribution in [0.4, 0.5) is 0 Å². The fourth-order valence-corrected chi connectivity index (χ4v) is 2.37. The molecule has 0 aliphatic carbocycles. The topological polar surface area (TPSA) is 27.3 Å². The van der Waals surface area contributed by atoms with Crippen LogP contribution in [0.5, 0.6) is 0 Å². The Morgan fingerprint density at radius 3 is 2.41 bits per heavy atom. The predicted octanol–water partition coefficient (Wildman–Crippen LogP) is 1.55. The van der Waals surface area contributed by atoms with Crippen molar-refractivity contribution in [2.45, 2.75) is 40.2 Å². The molecule has 3 nitrogen and oxygen atoms in total. The van der Waals surface area contributed by atoms with Crippen LogP contribution in [0.2, 0.25) is 0 Å². The van der Waals surface area contributed by atoms with Crippen molar-refractivity contribution in [2.24, 2.45) is 11.8 Å². The highest BCUT2D eigenvalue weighted by Crippen LogP contribution is 2.17. The first-order valence-corrected chi connectivity index (χ1v) is 7.25. The van der Waals surface area contributed by atoms with Crippen LogP contribution in [0.15, 0.2) is 0 Å². The summed E-state index contributed by atoms with van der Waals surface area (Å²) in [6, 6.07) is 0.715. The summed E-state index contributed by atoms with van der Waals surface area (Å²) in [6.07, 6.45) is 1.37. The van der Waals surface area contributed by atoms with Crippen molar-refractivity contribution in [3.63, 3.8) is 0 Å². The van der Waals surface area contributed by atoms with Crippen molar-refractivity contribution in [1.82, 2.24) is 15.5 Å². The molecule has 1 aliphatic rings. The summed E-state index contributed by atoms with van der Waals surface area (Å²) in [5.74, 6) is 1.62. The van der Waals surface area contributed by atoms with Gasteiger partial charge in [0.1, 0.15) is 0 Å². The highest BCUT2D eigenvalue weighted by molar-refractivity contribution is 4.79. The highest BCUT2D eigenvalue weighted by Gasteiger charge is 2.23. The monoisotopic (exact) mass is 241 g/mol. The highest BCUT2D eigenvalue weighted by atomic mass is 15.2. The van der Waals surface area contributed by atoms with Crippen molar-refractivity contribution >= 4 is 0 Å². The molecule has 1 heterocycles. The molecule has 0 unspecified atom stereocenters. The van der Waals surface area contributed by atoms with Crippen LogP contribution in [0, 0.1) is 11.8 Å². The summed E-state index contributed by atoms with van der Waals surface area (Å²) in [6.45, 7) is 16.2. The molecule has 0 aromatic carbocycles. The second-order valence-corrected chi connectivity index (χ2v) is 6.05. The molecule has 1 fully saturated rings. The van der Waals surface area contributed by atoms with Gasteiger partial charge in [0.25, 0.3) is 0 Å². The van der Waals surface area contributed by atoms with Crippen molar-refractivity contribution in [1.29, 1.82) is 0 Å². The van der Waals surface area contributed by atoms with E-state index in [1.165, 1.54) is 26.1 Å². The van der Waals surface area contributed by atoms with E-state index in [1.807, 2.05) is 0 Å². The molecule has 0 spiro atoms. The molecule has 1 rings (SSSR count). The lowest BCUT2D eigenvalue weighted by Crippen LogP contribution is -2.34. The first-order valence-electron chi connectivity index (χ1n) is 7.25. The molecular formula is C14H31N3. The molecule has 1 atom stereocenters. The van der Waals surface area contributed by atoms with Gasteiger partial charge < -0.3 is 15.5 Å². The Balaban J connectivity index is 1.94. The molecule has 102 valence electrons. The Kier molecular flexibility index (Phi) is 7.09. The Hall–Kier alpha value is -0.120. The average Bonchev–Trinajstić information content (AvgIpc) is 2.71. The number of likely N-dealkylation sites (tertiary alicyclic amines) is 1. The van der Waals surface area contributed by atoms with Crippen LogP contribution in [-0.4, -0.2) is 50.2 Å². The molecule has 1 aliphatic heterocycles. The third-order valence-corrected chi connectivity index (χ3v) is 3.51. The first kappa shape index (κ1) is 14.9. The van der Waals surface area contributed by atoms with Crippen molar-refractivity contribution in [3.8, 4) is 0 Å². The van der Waals surface area contributed by atoms with Crippen LogP contribution in [0.25, 0.3) is 0 Å². The second kappa shape index (κ2) is 8.06. The minimum atomic E-state index is 0.715. The van der Waals surface area contributed by atoms with E-state index in [2.05, 4.69) is 43.2 Å². The molecule has 2 N–H and O–H groups in total. The van der Waals surface area contributed by atoms with E-state index in [0.29, 0.717) is 6.04 Å². The predicted molar refractivity (Wildman–Crippen MR) is 75.4 cm³/mol. The molecule has 0 bridgehead atoms. The fourth-order valence-electron chi connectivity index (χ4n) is 2.37. The normalized spacial score (nSPS) is 21.9. The van der Waals surface area contributed by atoms with E-state index in [0.717, 1.165) is 31.5 Å². The standard InChI is InChI=1S/C14H31N3/c1-12(2)9-15-6-7-16-10-14-5-8-17(11-14)13(3)4/h12-16H,5-11H2,1-4H3/t14-/m0/s1. The van der Waals surface area contributed by atoms with Gasteiger partial charge in [-0.3, -0.25) is 0 Å². The largest absolute Gasteiger partial charge is 0.315 e. The lowest BCUT2D eigenvalue weighted by Gasteiger charge is -2.20. The number of nitrogens with one attached hydrogen (secondary N) is 2. The van der Waals surface area contributed by atoms with E-state index in [4.69, 9.17) is 0 Å². The van der Waals surface area contributed by atoms with Gasteiger partial charge >= 0.3 is 0 Å². The number of nitrogens with zero attached hydrogens (tertiary/aromatic N) is 1. The molecule has 3 heteroatoms. The van der Waals surface area contributed by atoms with E-state index in [1.54, 1.807) is 0 Å². The maximum atomic E-state index is 3.57. The summed E-state index contributed by atoms with van der Waals surface area (Å²) in [7, 11) is 0. The number of rotatable bonds is 8. The maximum Gasteiger partial charge on any atom is 0.00768 e. The van der Waals surface area contributed by atoms with Crippen molar-refractivity contribution in [2.75, 3.05) is 39.3 Å². The summed E-state index contributed by atoms with van der Waals surface area (Å²) in [5, 5.41) is 7.04. The molecule has 0 radical (unpaired) electrons. The zero-order chi connectivity index (χ0) is 12.7. The lowest BCUT2D eigenvalue weighted by molar-refractivity contribution is 0.264. The minimum Gasteiger partial charge on any atom is -0.315 e. The van der Waals surface area contributed by atoms with Gasteiger partial charge in [0.15, 0.2) is 0 Å². The molecule has 0 saturated carbocycles. The Morgan fingerprint density at radius 1 is 1.12 bits per heavy atom. The Bertz CT molecular complexity index is 192. The third-order valence-electron chi connectivity index (χ3n) is 3.51. The molecule has 0 amide bonds. The smallest absolute Gasteiger partial charge is 0.00768 e. The summed E-state index contributed by atoms with van der Waals surface area (Å²) >= 11 is 0. The second-order valence-electron chi connectivity index (χ2n) is 6.05. The number of hydrogen-bond acceptors (Lipinski definition) is 3. The SMILES string of the molecule is CC(C)CNCCNC[C@@H]1CCN(C(C)C)C1. The van der Waals surface area contributed by atoms with Crippen LogP contribution < -0.4 is 10.6 Å². The average molecular weight is 241 g/mol. The lowest BCUT2D eigenvalue weighted by atomic mass is 10.1. The van der Waals surface area contributed by atoms with Gasteiger partial charge in [0, 0.05) is 25.7 Å². The summed E-state index contributed by atoms with van der Waals surface area (Å²) < 4.78 is 0. The Labute approximate surface area is 107 Å². The molecular weight excluding hydrogens is 210 g/mol. The van der Waals surface area contributed by atoms with E-state index < -0.39 is 0 Å². The number of hydrogen-bond donors (Lipinski definition) is 2. The van der Waals surface area contributed by atoms with E-state index >= 15 is 0 Å². The quantitative estimate of drug-likeness (QED) is 0.632. The first-order chi connectivity index (χ1) is 8.09. The van der Waals surface area contributed by atoms with Crippen LogP contribution >= 0.6 is 0 Å². The van der Waals surface area contributed by atoms with Crippen LogP contribution in [0.1, 0.15) is 34.1 Å². The van der Waals surface area contributed by atoms with Gasteiger partial charge in [0.05, 0.1) is 0 Å². The minimum absolute atomic E-state index is 0.715. The van der Waals surface area contributed by atoms with Gasteiger partial charge in [-0.05, 0) is 51.7 Å². The van der Waals surface area contributed by atoms with Gasteiger partial charge in [-0.25, -0.2) is 0 Å². The van der Waals surface area contributed by atoms with Crippen molar-refractivity contribution < 1.29 is 0 Å². The molecule has 0 aromatic heterocycles. The Morgan fingerprint density at radius 2 is 1.82 bits per heavy atom. The zero-order valence-electron chi connectivity index (χ0n) is 12.1.